The third-order valence-electron chi connectivity index (χ3n) is 26.9. The van der Waals surface area contributed by atoms with Crippen LogP contribution < -0.4 is 32.3 Å². The summed E-state index contributed by atoms with van der Waals surface area (Å²) in [5.74, 6) is -8.54. The molecule has 37 nitrogen and oxygen atoms in total. The highest BCUT2D eigenvalue weighted by molar-refractivity contribution is 6.39. The molecule has 11 heterocycles. The number of allylic oxidation sites excluding steroid dienone is 6. The number of oxazole rings is 1. The van der Waals surface area contributed by atoms with Crippen molar-refractivity contribution in [1.82, 2.24) is 69.6 Å². The van der Waals surface area contributed by atoms with Crippen LogP contribution in [0.15, 0.2) is 120 Å². The van der Waals surface area contributed by atoms with Gasteiger partial charge in [-0.25, -0.2) is 44.2 Å². The fourth-order valence-electron chi connectivity index (χ4n) is 19.0. The van der Waals surface area contributed by atoms with Crippen molar-refractivity contribution in [2.24, 2.45) is 35.3 Å². The summed E-state index contributed by atoms with van der Waals surface area (Å²) < 4.78 is 43.2. The number of aromatic nitrogens is 9. The smallest absolute Gasteiger partial charge is 0.408 e. The largest absolute Gasteiger partial charge is 0.459 e. The minimum Gasteiger partial charge on any atom is -0.459 e. The van der Waals surface area contributed by atoms with E-state index in [2.05, 4.69) is 62.1 Å². The summed E-state index contributed by atoms with van der Waals surface area (Å²) in [5.41, 5.74) is 27.5. The molecule has 0 spiro atoms. The van der Waals surface area contributed by atoms with Crippen molar-refractivity contribution in [3.63, 3.8) is 0 Å². The van der Waals surface area contributed by atoms with Gasteiger partial charge >= 0.3 is 12.1 Å². The monoisotopic (exact) mass is 1820 g/mol. The number of benzene rings is 2. The Labute approximate surface area is 767 Å². The van der Waals surface area contributed by atoms with Crippen molar-refractivity contribution in [2.75, 3.05) is 121 Å². The van der Waals surface area contributed by atoms with E-state index in [4.69, 9.17) is 55.1 Å². The van der Waals surface area contributed by atoms with E-state index in [9.17, 15) is 53.7 Å². The van der Waals surface area contributed by atoms with Crippen LogP contribution in [0.5, 0.6) is 0 Å². The van der Waals surface area contributed by atoms with Gasteiger partial charge in [-0.2, -0.15) is 10.1 Å². The first-order chi connectivity index (χ1) is 63.5. The Bertz CT molecular complexity index is 5380. The molecular formula is C95H125N19O18. The Hall–Kier alpha value is -11.4. The summed E-state index contributed by atoms with van der Waals surface area (Å²) in [6.07, 6.45) is 14.9. The zero-order valence-electron chi connectivity index (χ0n) is 76.5. The van der Waals surface area contributed by atoms with Gasteiger partial charge < -0.3 is 95.2 Å². The van der Waals surface area contributed by atoms with Crippen molar-refractivity contribution >= 4 is 93.0 Å². The predicted molar refractivity (Wildman–Crippen MR) is 488 cm³/mol. The number of cyclic esters (lactones) is 1. The molecule has 5 fully saturated rings. The first-order valence-corrected chi connectivity index (χ1v) is 46.1. The molecule has 0 unspecified atom stereocenters. The number of Topliss-reactive ketones (excluding diaryl/α,β-unsaturated/α-hetero) is 3. The second-order valence-electron chi connectivity index (χ2n) is 36.3. The minimum atomic E-state index is -2.52. The summed E-state index contributed by atoms with van der Waals surface area (Å²) in [4.78, 5) is 157. The molecule has 132 heavy (non-hydrogen) atoms. The molecule has 1 aliphatic carbocycles. The minimum absolute atomic E-state index is 0.00960. The number of aliphatic hydroxyl groups excluding tert-OH is 2. The molecule has 4 amide bonds. The van der Waals surface area contributed by atoms with Crippen molar-refractivity contribution in [1.29, 1.82) is 0 Å². The van der Waals surface area contributed by atoms with Gasteiger partial charge in [0.1, 0.15) is 41.3 Å². The van der Waals surface area contributed by atoms with E-state index in [1.54, 1.807) is 63.6 Å². The number of anilines is 4. The fraction of sp³-hybridized carbons (Fsp3) is 0.558. The average molecular weight is 1820 g/mol. The van der Waals surface area contributed by atoms with E-state index in [1.165, 1.54) is 26.4 Å². The number of nitrogens with one attached hydrogen (secondary N) is 1. The Kier molecular flexibility index (Phi) is 32.2. The van der Waals surface area contributed by atoms with E-state index in [0.29, 0.717) is 187 Å². The van der Waals surface area contributed by atoms with Crippen molar-refractivity contribution in [3.8, 4) is 11.3 Å². The number of piperidine rings is 1. The lowest BCUT2D eigenvalue weighted by Gasteiger charge is -2.42. The number of amides is 4. The standard InChI is InChI=1S/C95H125N19O18/c1-56-14-10-9-11-15-57(2)76(126-7)46-69-22-17-61(6)95(125,132-69)85(120)89(122)113-27-13-12-16-72(113)90(123)129-77(70(96)43-62-19-23-73(115)78(44-62)127-8)47-74(116)58(3)41-60(5)84(83(119)82(118)59(4)40-56)131-94(124)103-50-64-48-99-92(100-49-64)111-35-33-109(34-36-111)79(117)26-38-128-39-37-108-29-31-110(32-30-108)93-101-51-68(52-102-93)88(121)112-28-25-65-42-63(18-20-67(65)54-112)53-114-87-80(86(97)104-55-105-87)81(107-114)66-21-24-75-71(45-66)106-91(98)130-75/h9-11,14-15,18,20-21,24,41-42,45,48-49,51-52,55-56,58-59,61-62,69-70,72-73,76-78,83-84,115,119,125H,12-13,16-17,19,22-23,25-40,43-44,46-47,50,53-54,96H2,1-8H3,(H2,98,106)(H,103,124)(H2,97,104,105)/b11-9?,14-10+,57-15?,60-41+/t56-,58-,59-,61-,62+,69+,70-,72+,73-,76+,77+,78-,83+,84-,95-/m1/s1. The van der Waals surface area contributed by atoms with Crippen LogP contribution in [-0.4, -0.2) is 287 Å². The van der Waals surface area contributed by atoms with Crippen LogP contribution in [-0.2, 0) is 83.2 Å². The van der Waals surface area contributed by atoms with Gasteiger partial charge in [0.15, 0.2) is 29.2 Å². The molecule has 0 radical (unpaired) electrons. The van der Waals surface area contributed by atoms with Gasteiger partial charge in [-0.3, -0.25) is 33.7 Å². The first-order valence-electron chi connectivity index (χ1n) is 46.1. The lowest BCUT2D eigenvalue weighted by Crippen LogP contribution is -2.61. The maximum atomic E-state index is 14.7. The third-order valence-corrected chi connectivity index (χ3v) is 26.9. The molecule has 14 rings (SSSR count). The number of nitrogens with zero attached hydrogens (tertiary/aromatic N) is 15. The van der Waals surface area contributed by atoms with Crippen LogP contribution in [0.4, 0.5) is 28.5 Å². The highest BCUT2D eigenvalue weighted by atomic mass is 16.6. The topological polar surface area (TPSA) is 483 Å². The molecule has 2 aromatic carbocycles. The molecule has 5 aromatic heterocycles. The number of carbonyl (C=O) groups is 8. The fourth-order valence-corrected chi connectivity index (χ4v) is 19.0. The predicted octanol–water partition coefficient (Wildman–Crippen LogP) is 6.97. The maximum absolute atomic E-state index is 14.7. The molecule has 4 saturated heterocycles. The van der Waals surface area contributed by atoms with Gasteiger partial charge in [-0.1, -0.05) is 82.4 Å². The zero-order valence-corrected chi connectivity index (χ0v) is 76.5. The van der Waals surface area contributed by atoms with Gasteiger partial charge in [0, 0.05) is 172 Å². The Morgan fingerprint density at radius 3 is 2.23 bits per heavy atom. The van der Waals surface area contributed by atoms with E-state index in [0.717, 1.165) is 45.8 Å². The number of nitrogens with two attached hydrogens (primary N) is 3. The summed E-state index contributed by atoms with van der Waals surface area (Å²) >= 11 is 0. The molecule has 2 bridgehead atoms. The van der Waals surface area contributed by atoms with Gasteiger partial charge in [0.05, 0.1) is 61.5 Å². The number of carbonyl (C=O) groups excluding carboxylic acids is 8. The number of hydrogen-bond donors (Lipinski definition) is 7. The summed E-state index contributed by atoms with van der Waals surface area (Å²) in [5, 5.41) is 43.2. The Morgan fingerprint density at radius 1 is 0.742 bits per heavy atom. The molecule has 37 heteroatoms. The van der Waals surface area contributed by atoms with Gasteiger partial charge in [-0.15, -0.1) is 0 Å². The van der Waals surface area contributed by atoms with Crippen LogP contribution in [0.25, 0.3) is 33.4 Å². The number of rotatable bonds is 20. The van der Waals surface area contributed by atoms with Crippen molar-refractivity contribution in [3.05, 3.63) is 143 Å². The molecular weight excluding hydrogens is 1700 g/mol. The Morgan fingerprint density at radius 2 is 1.48 bits per heavy atom. The molecule has 708 valence electrons. The first kappa shape index (κ1) is 96.6. The summed E-state index contributed by atoms with van der Waals surface area (Å²) in [7, 11) is 3.06. The van der Waals surface area contributed by atoms with Gasteiger partial charge in [0.25, 0.3) is 23.6 Å². The van der Waals surface area contributed by atoms with E-state index >= 15 is 0 Å². The number of ketones is 3. The highest BCUT2D eigenvalue weighted by Crippen LogP contribution is 2.39. The maximum Gasteiger partial charge on any atom is 0.408 e. The second kappa shape index (κ2) is 44.0. The molecule has 7 aliphatic rings. The van der Waals surface area contributed by atoms with E-state index in [-0.39, 0.29) is 80.6 Å². The van der Waals surface area contributed by atoms with Crippen LogP contribution in [0.1, 0.15) is 158 Å². The molecule has 1 saturated carbocycles. The second-order valence-corrected chi connectivity index (χ2v) is 36.3. The molecule has 10 N–H and O–H groups in total. The third kappa shape index (κ3) is 23.4. The summed E-state index contributed by atoms with van der Waals surface area (Å²) in [6.45, 7) is 17.6. The number of aliphatic hydroxyl groups is 3. The quantitative estimate of drug-likeness (QED) is 0.0175. The normalized spacial score (nSPS) is 27.3. The number of fused-ring (bicyclic) bond motifs is 6. The van der Waals surface area contributed by atoms with Crippen LogP contribution >= 0.6 is 0 Å². The lowest BCUT2D eigenvalue weighted by atomic mass is 9.80. The number of methoxy groups -OCH3 is 2. The number of alkyl carbamates (subject to hydrolysis) is 1. The van der Waals surface area contributed by atoms with Crippen LogP contribution in [0, 0.1) is 29.6 Å². The van der Waals surface area contributed by atoms with Crippen LogP contribution in [0.2, 0.25) is 0 Å². The van der Waals surface area contributed by atoms with Gasteiger partial charge in [-0.05, 0) is 142 Å². The zero-order chi connectivity index (χ0) is 93.6. The van der Waals surface area contributed by atoms with Crippen molar-refractivity contribution < 1.29 is 86.5 Å². The number of nitrogen functional groups attached to an aromatic ring is 2. The summed E-state index contributed by atoms with van der Waals surface area (Å²) in [6, 6.07) is 9.61. The average Bonchev–Trinajstić information content (AvgIpc) is 1.55. The number of ether oxygens (including phenoxy) is 6. The Balaban J connectivity index is 0.534. The van der Waals surface area contributed by atoms with Crippen molar-refractivity contribution in [2.45, 2.75) is 212 Å². The highest BCUT2D eigenvalue weighted by Gasteiger charge is 2.53. The molecule has 7 aromatic rings. The number of hydrogen-bond acceptors (Lipinski definition) is 32. The van der Waals surface area contributed by atoms with E-state index in [1.807, 2.05) is 76.9 Å². The molecule has 15 atom stereocenters. The number of esters is 1. The number of piperazine rings is 2. The van der Waals surface area contributed by atoms with Gasteiger partial charge in [0.2, 0.25) is 23.6 Å². The van der Waals surface area contributed by atoms with E-state index < -0.39 is 120 Å². The van der Waals surface area contributed by atoms with Crippen LogP contribution in [0.3, 0.4) is 0 Å². The SMILES string of the molecule is CO[C@H]1C[C@@H]2CC[C@@H](C)[C@@](O)(O2)C(=O)C(=O)N2CCCC[C@H]2C(=O)O[C@H]([C@H](N)C[C@@H]2CC[C@@H](O)[C@H](OC)C2)CC(=O)[C@H](C)/C=C(\C)[C@@H](OC(=O)NCc2cnc(N3CCN(C(=O)CCOCCN4CCN(c5ncc(C(=O)N6CCc7cc(Cn8nc(-c9ccc%10oc(N)nc%10c9)c9c(N)ncnc98)ccc7C6)cn5)CC4)CC3)nc2)[C@@H](O)C(=O)[C@H](C)C[C@H](C)/C=C/C=CC=C1C. The lowest BCUT2D eigenvalue weighted by molar-refractivity contribution is -0.265. The molecule has 6 aliphatic heterocycles.